The summed E-state index contributed by atoms with van der Waals surface area (Å²) in [6, 6.07) is 10.1. The third-order valence-electron chi connectivity index (χ3n) is 3.63. The molecule has 2 atom stereocenters. The highest BCUT2D eigenvalue weighted by atomic mass is 16.6. The molecule has 0 spiro atoms. The van der Waals surface area contributed by atoms with E-state index in [0.717, 1.165) is 6.42 Å². The number of carbonyl (C=O) groups is 1. The van der Waals surface area contributed by atoms with Gasteiger partial charge in [0.25, 0.3) is 0 Å². The van der Waals surface area contributed by atoms with Crippen molar-refractivity contribution in [1.82, 2.24) is 4.90 Å². The molecule has 4 heteroatoms. The Morgan fingerprint density at radius 2 is 2.00 bits per heavy atom. The summed E-state index contributed by atoms with van der Waals surface area (Å²) in [5.74, 6) is 0. The Morgan fingerprint density at radius 1 is 1.33 bits per heavy atom. The zero-order valence-corrected chi connectivity index (χ0v) is 13.1. The first kappa shape index (κ1) is 15.8. The van der Waals surface area contributed by atoms with Crippen molar-refractivity contribution in [2.45, 2.75) is 57.8 Å². The molecule has 1 aliphatic rings. The van der Waals surface area contributed by atoms with Crippen molar-refractivity contribution >= 4 is 6.09 Å². The normalized spacial score (nSPS) is 23.0. The number of hydrogen-bond acceptors (Lipinski definition) is 3. The Balaban J connectivity index is 2.08. The number of carbonyl (C=O) groups excluding carboxylic acids is 1. The number of piperidine rings is 1. The first-order valence-electron chi connectivity index (χ1n) is 7.57. The quantitative estimate of drug-likeness (QED) is 0.911. The number of nitrogens with zero attached hydrogens (tertiary/aromatic N) is 1. The van der Waals surface area contributed by atoms with Gasteiger partial charge in [0, 0.05) is 12.6 Å². The second-order valence-corrected chi connectivity index (χ2v) is 6.70. The van der Waals surface area contributed by atoms with E-state index < -0.39 is 5.60 Å². The summed E-state index contributed by atoms with van der Waals surface area (Å²) in [4.78, 5) is 14.1. The Bertz CT molecular complexity index is 467. The first-order chi connectivity index (χ1) is 9.85. The molecule has 0 aromatic heterocycles. The average molecular weight is 291 g/mol. The lowest BCUT2D eigenvalue weighted by atomic mass is 9.94. The van der Waals surface area contributed by atoms with Gasteiger partial charge in [-0.15, -0.1) is 0 Å². The van der Waals surface area contributed by atoms with Crippen LogP contribution in [0.25, 0.3) is 0 Å². The van der Waals surface area contributed by atoms with Gasteiger partial charge in [0.1, 0.15) is 5.60 Å². The molecule has 1 heterocycles. The molecule has 1 aromatic carbocycles. The van der Waals surface area contributed by atoms with Crippen LogP contribution in [-0.4, -0.2) is 40.4 Å². The number of rotatable bonds is 2. The van der Waals surface area contributed by atoms with E-state index in [1.54, 1.807) is 4.90 Å². The number of ether oxygens (including phenoxy) is 1. The van der Waals surface area contributed by atoms with Crippen LogP contribution in [0.1, 0.15) is 39.2 Å². The number of amides is 1. The van der Waals surface area contributed by atoms with Crippen molar-refractivity contribution in [3.8, 4) is 0 Å². The minimum Gasteiger partial charge on any atom is -0.444 e. The highest BCUT2D eigenvalue weighted by Crippen LogP contribution is 2.23. The molecule has 1 amide bonds. The van der Waals surface area contributed by atoms with Crippen molar-refractivity contribution in [2.75, 3.05) is 6.54 Å². The molecule has 1 aliphatic heterocycles. The number of likely N-dealkylation sites (tertiary alicyclic amines) is 1. The number of hydrogen-bond donors (Lipinski definition) is 1. The van der Waals surface area contributed by atoms with Crippen molar-refractivity contribution in [3.63, 3.8) is 0 Å². The molecular formula is C17H25NO3. The maximum absolute atomic E-state index is 12.3. The van der Waals surface area contributed by atoms with Gasteiger partial charge in [-0.05, 0) is 45.6 Å². The molecule has 1 saturated heterocycles. The molecule has 2 rings (SSSR count). The van der Waals surface area contributed by atoms with Crippen LogP contribution in [0.5, 0.6) is 0 Å². The summed E-state index contributed by atoms with van der Waals surface area (Å²) < 4.78 is 5.49. The lowest BCUT2D eigenvalue weighted by molar-refractivity contribution is -0.00767. The van der Waals surface area contributed by atoms with Gasteiger partial charge in [0.15, 0.2) is 0 Å². The maximum atomic E-state index is 12.3. The van der Waals surface area contributed by atoms with Gasteiger partial charge in [0.05, 0.1) is 6.10 Å². The van der Waals surface area contributed by atoms with E-state index in [1.165, 1.54) is 5.56 Å². The van der Waals surface area contributed by atoms with Gasteiger partial charge in [-0.25, -0.2) is 4.79 Å². The molecule has 21 heavy (non-hydrogen) atoms. The third kappa shape index (κ3) is 4.74. The average Bonchev–Trinajstić information content (AvgIpc) is 2.37. The van der Waals surface area contributed by atoms with Crippen LogP contribution in [0.4, 0.5) is 4.79 Å². The summed E-state index contributed by atoms with van der Waals surface area (Å²) in [6.45, 7) is 6.16. The molecule has 1 aromatic rings. The van der Waals surface area contributed by atoms with Crippen LogP contribution in [0.3, 0.4) is 0 Å². The maximum Gasteiger partial charge on any atom is 0.410 e. The molecule has 0 radical (unpaired) electrons. The van der Waals surface area contributed by atoms with Crippen LogP contribution in [-0.2, 0) is 11.2 Å². The minimum absolute atomic E-state index is 0.00833. The summed E-state index contributed by atoms with van der Waals surface area (Å²) in [5, 5.41) is 9.91. The molecule has 1 N–H and O–H groups in total. The zero-order chi connectivity index (χ0) is 15.5. The van der Waals surface area contributed by atoms with Crippen LogP contribution in [0.15, 0.2) is 30.3 Å². The van der Waals surface area contributed by atoms with E-state index in [-0.39, 0.29) is 18.2 Å². The summed E-state index contributed by atoms with van der Waals surface area (Å²) in [6.07, 6.45) is 1.35. The van der Waals surface area contributed by atoms with Crippen molar-refractivity contribution in [3.05, 3.63) is 35.9 Å². The van der Waals surface area contributed by atoms with E-state index in [9.17, 15) is 9.90 Å². The highest BCUT2D eigenvalue weighted by Gasteiger charge is 2.33. The Labute approximate surface area is 126 Å². The lowest BCUT2D eigenvalue weighted by Gasteiger charge is -2.38. The summed E-state index contributed by atoms with van der Waals surface area (Å²) in [7, 11) is 0. The lowest BCUT2D eigenvalue weighted by Crippen LogP contribution is -2.50. The first-order valence-corrected chi connectivity index (χ1v) is 7.57. The summed E-state index contributed by atoms with van der Waals surface area (Å²) >= 11 is 0. The zero-order valence-electron chi connectivity index (χ0n) is 13.1. The molecule has 0 bridgehead atoms. The van der Waals surface area contributed by atoms with Crippen LogP contribution in [0, 0.1) is 0 Å². The fraction of sp³-hybridized carbons (Fsp3) is 0.588. The van der Waals surface area contributed by atoms with Crippen molar-refractivity contribution < 1.29 is 14.6 Å². The Kier molecular flexibility index (Phi) is 4.88. The molecule has 1 fully saturated rings. The third-order valence-corrected chi connectivity index (χ3v) is 3.63. The van der Waals surface area contributed by atoms with Crippen molar-refractivity contribution in [2.24, 2.45) is 0 Å². The number of benzene rings is 1. The molecule has 116 valence electrons. The van der Waals surface area contributed by atoms with Gasteiger partial charge in [-0.2, -0.15) is 0 Å². The fourth-order valence-electron chi connectivity index (χ4n) is 2.67. The fourth-order valence-corrected chi connectivity index (χ4v) is 2.67. The molecular weight excluding hydrogens is 266 g/mol. The van der Waals surface area contributed by atoms with Gasteiger partial charge in [-0.1, -0.05) is 30.3 Å². The predicted molar refractivity (Wildman–Crippen MR) is 82.1 cm³/mol. The van der Waals surface area contributed by atoms with E-state index >= 15 is 0 Å². The number of aliphatic hydroxyl groups excluding tert-OH is 1. The smallest absolute Gasteiger partial charge is 0.410 e. The Hall–Kier alpha value is -1.55. The molecule has 4 nitrogen and oxygen atoms in total. The van der Waals surface area contributed by atoms with E-state index in [1.807, 2.05) is 51.1 Å². The standard InChI is InChI=1S/C17H25NO3/c1-17(2,3)21-16(20)18-10-9-15(19)12-14(18)11-13-7-5-4-6-8-13/h4-8,14-15,19H,9-12H2,1-3H3/t14-,15+/m1/s1. The van der Waals surface area contributed by atoms with Crippen molar-refractivity contribution in [1.29, 1.82) is 0 Å². The molecule has 0 saturated carbocycles. The van der Waals surface area contributed by atoms with E-state index in [4.69, 9.17) is 4.74 Å². The predicted octanol–water partition coefficient (Wildman–Crippen LogP) is 2.99. The van der Waals surface area contributed by atoms with Gasteiger partial charge in [-0.3, -0.25) is 0 Å². The topological polar surface area (TPSA) is 49.8 Å². The van der Waals surface area contributed by atoms with E-state index in [0.29, 0.717) is 19.4 Å². The van der Waals surface area contributed by atoms with Gasteiger partial charge < -0.3 is 14.7 Å². The minimum atomic E-state index is -0.496. The SMILES string of the molecule is CC(C)(C)OC(=O)N1CC[C@H](O)C[C@H]1Cc1ccccc1. The monoisotopic (exact) mass is 291 g/mol. The Morgan fingerprint density at radius 3 is 2.62 bits per heavy atom. The second-order valence-electron chi connectivity index (χ2n) is 6.70. The molecule has 0 unspecified atom stereocenters. The van der Waals surface area contributed by atoms with Crippen LogP contribution in [0.2, 0.25) is 0 Å². The van der Waals surface area contributed by atoms with Crippen LogP contribution < -0.4 is 0 Å². The highest BCUT2D eigenvalue weighted by molar-refractivity contribution is 5.68. The van der Waals surface area contributed by atoms with E-state index in [2.05, 4.69) is 0 Å². The largest absolute Gasteiger partial charge is 0.444 e. The van der Waals surface area contributed by atoms with Crippen LogP contribution >= 0.6 is 0 Å². The van der Waals surface area contributed by atoms with Gasteiger partial charge in [0.2, 0.25) is 0 Å². The van der Waals surface area contributed by atoms with Gasteiger partial charge >= 0.3 is 6.09 Å². The second kappa shape index (κ2) is 6.48. The summed E-state index contributed by atoms with van der Waals surface area (Å²) in [5.41, 5.74) is 0.676. The number of aliphatic hydroxyl groups is 1. The molecule has 0 aliphatic carbocycles.